The van der Waals surface area contributed by atoms with Gasteiger partial charge in [0, 0.05) is 17.3 Å². The van der Waals surface area contributed by atoms with Gasteiger partial charge in [0.2, 0.25) is 5.92 Å². The van der Waals surface area contributed by atoms with Crippen LogP contribution in [0, 0.1) is 0 Å². The zero-order valence-corrected chi connectivity index (χ0v) is 13.4. The zero-order chi connectivity index (χ0) is 14.3. The molecule has 1 aliphatic carbocycles. The van der Waals surface area contributed by atoms with E-state index in [0.29, 0.717) is 12.8 Å². The number of benzene rings is 1. The average molecular weight is 331 g/mol. The average Bonchev–Trinajstić information content (AvgIpc) is 2.29. The summed E-state index contributed by atoms with van der Waals surface area (Å²) in [5.74, 6) is -2.19. The largest absolute Gasteiger partial charge is 0.248 e. The van der Waals surface area contributed by atoms with Crippen molar-refractivity contribution >= 4 is 15.9 Å². The van der Waals surface area contributed by atoms with Crippen molar-refractivity contribution in [2.45, 2.75) is 63.7 Å². The summed E-state index contributed by atoms with van der Waals surface area (Å²) >= 11 is 3.57. The topological polar surface area (TPSA) is 0 Å². The minimum absolute atomic E-state index is 0.0177. The molecule has 19 heavy (non-hydrogen) atoms. The van der Waals surface area contributed by atoms with Crippen molar-refractivity contribution in [3.8, 4) is 0 Å². The first-order valence-corrected chi connectivity index (χ1v) is 7.66. The fourth-order valence-corrected chi connectivity index (χ4v) is 3.24. The minimum atomic E-state index is -2.45. The van der Waals surface area contributed by atoms with Crippen molar-refractivity contribution in [2.75, 3.05) is 0 Å². The van der Waals surface area contributed by atoms with Gasteiger partial charge in [0.25, 0.3) is 0 Å². The molecule has 0 bridgehead atoms. The molecule has 106 valence electrons. The van der Waals surface area contributed by atoms with Gasteiger partial charge in [-0.3, -0.25) is 0 Å². The molecule has 1 aliphatic rings. The van der Waals surface area contributed by atoms with Gasteiger partial charge in [0.15, 0.2) is 0 Å². The third-order valence-corrected chi connectivity index (χ3v) is 4.74. The highest BCUT2D eigenvalue weighted by molar-refractivity contribution is 9.10. The normalized spacial score (nSPS) is 20.5. The second-order valence-electron chi connectivity index (χ2n) is 6.62. The van der Waals surface area contributed by atoms with Crippen LogP contribution in [0.3, 0.4) is 0 Å². The summed E-state index contributed by atoms with van der Waals surface area (Å²) in [5.41, 5.74) is 2.56. The molecule has 1 saturated carbocycles. The van der Waals surface area contributed by atoms with Crippen molar-refractivity contribution in [3.63, 3.8) is 0 Å². The quantitative estimate of drug-likeness (QED) is 0.588. The maximum Gasteiger partial charge on any atom is 0.248 e. The molecule has 0 aliphatic heterocycles. The lowest BCUT2D eigenvalue weighted by Crippen LogP contribution is -2.24. The maximum absolute atomic E-state index is 13.3. The van der Waals surface area contributed by atoms with Crippen LogP contribution in [0.5, 0.6) is 0 Å². The van der Waals surface area contributed by atoms with Crippen molar-refractivity contribution in [1.82, 2.24) is 0 Å². The van der Waals surface area contributed by atoms with Gasteiger partial charge in [-0.15, -0.1) is 0 Å². The van der Waals surface area contributed by atoms with Crippen LogP contribution in [0.1, 0.15) is 63.5 Å². The number of hydrogen-bond donors (Lipinski definition) is 0. The van der Waals surface area contributed by atoms with Crippen molar-refractivity contribution < 1.29 is 8.78 Å². The third kappa shape index (κ3) is 3.56. The van der Waals surface area contributed by atoms with E-state index in [1.165, 1.54) is 11.1 Å². The van der Waals surface area contributed by atoms with Gasteiger partial charge < -0.3 is 0 Å². The number of rotatable bonds is 1. The Kier molecular flexibility index (Phi) is 4.06. The summed E-state index contributed by atoms with van der Waals surface area (Å²) in [6.45, 7) is 6.53. The molecule has 0 heterocycles. The summed E-state index contributed by atoms with van der Waals surface area (Å²) in [6.07, 6.45) is 1.20. The molecule has 1 fully saturated rings. The van der Waals surface area contributed by atoms with Crippen LogP contribution in [0.2, 0.25) is 0 Å². The Morgan fingerprint density at radius 1 is 1.16 bits per heavy atom. The highest BCUT2D eigenvalue weighted by atomic mass is 79.9. The van der Waals surface area contributed by atoms with E-state index in [1.807, 2.05) is 0 Å². The molecule has 0 atom stereocenters. The summed E-state index contributed by atoms with van der Waals surface area (Å²) in [7, 11) is 0. The van der Waals surface area contributed by atoms with Crippen molar-refractivity contribution in [3.05, 3.63) is 33.8 Å². The van der Waals surface area contributed by atoms with Gasteiger partial charge in [0.05, 0.1) is 0 Å². The Bertz CT molecular complexity index is 450. The lowest BCUT2D eigenvalue weighted by molar-refractivity contribution is -0.0382. The second kappa shape index (κ2) is 5.16. The summed E-state index contributed by atoms with van der Waals surface area (Å²) in [6, 6.07) is 6.37. The minimum Gasteiger partial charge on any atom is -0.207 e. The molecule has 2 rings (SSSR count). The Morgan fingerprint density at radius 2 is 1.74 bits per heavy atom. The van der Waals surface area contributed by atoms with Gasteiger partial charge in [-0.05, 0) is 41.4 Å². The Labute approximate surface area is 122 Å². The van der Waals surface area contributed by atoms with Gasteiger partial charge in [0.1, 0.15) is 0 Å². The van der Waals surface area contributed by atoms with E-state index in [1.54, 1.807) is 0 Å². The monoisotopic (exact) mass is 330 g/mol. The van der Waals surface area contributed by atoms with E-state index in [-0.39, 0.29) is 24.2 Å². The molecule has 0 saturated heterocycles. The van der Waals surface area contributed by atoms with Gasteiger partial charge >= 0.3 is 0 Å². The molecule has 0 spiro atoms. The molecule has 3 heteroatoms. The van der Waals surface area contributed by atoms with E-state index < -0.39 is 5.92 Å². The SMILES string of the molecule is CC(C)(C)c1ccc(Br)c(C2CCC(F)(F)CC2)c1. The Hall–Kier alpha value is -0.440. The van der Waals surface area contributed by atoms with Crippen LogP contribution in [0.15, 0.2) is 22.7 Å². The predicted molar refractivity (Wildman–Crippen MR) is 79.0 cm³/mol. The second-order valence-corrected chi connectivity index (χ2v) is 7.47. The molecule has 0 aromatic heterocycles. The Morgan fingerprint density at radius 3 is 2.26 bits per heavy atom. The van der Waals surface area contributed by atoms with E-state index >= 15 is 0 Å². The standard InChI is InChI=1S/C16H21BrF2/c1-15(2,3)12-4-5-14(17)13(10-12)11-6-8-16(18,19)9-7-11/h4-5,10-11H,6-9H2,1-3H3. The zero-order valence-electron chi connectivity index (χ0n) is 11.8. The first-order valence-electron chi connectivity index (χ1n) is 6.87. The lowest BCUT2D eigenvalue weighted by Gasteiger charge is -2.30. The van der Waals surface area contributed by atoms with Gasteiger partial charge in [-0.25, -0.2) is 8.78 Å². The fraction of sp³-hybridized carbons (Fsp3) is 0.625. The molecular formula is C16H21BrF2. The molecular weight excluding hydrogens is 310 g/mol. The lowest BCUT2D eigenvalue weighted by atomic mass is 9.79. The van der Waals surface area contributed by atoms with E-state index in [0.717, 1.165) is 4.47 Å². The molecule has 0 N–H and O–H groups in total. The Balaban J connectivity index is 2.25. The molecule has 0 nitrogen and oxygen atoms in total. The van der Waals surface area contributed by atoms with E-state index in [2.05, 4.69) is 54.9 Å². The van der Waals surface area contributed by atoms with Crippen LogP contribution < -0.4 is 0 Å². The highest BCUT2D eigenvalue weighted by Crippen LogP contribution is 2.43. The fourth-order valence-electron chi connectivity index (χ4n) is 2.67. The highest BCUT2D eigenvalue weighted by Gasteiger charge is 2.36. The van der Waals surface area contributed by atoms with Crippen LogP contribution in [0.4, 0.5) is 8.78 Å². The predicted octanol–water partition coefficient (Wildman–Crippen LogP) is 6.04. The van der Waals surface area contributed by atoms with E-state index in [4.69, 9.17) is 0 Å². The van der Waals surface area contributed by atoms with Crippen LogP contribution >= 0.6 is 15.9 Å². The summed E-state index contributed by atoms with van der Waals surface area (Å²) in [5, 5.41) is 0. The van der Waals surface area contributed by atoms with Crippen LogP contribution in [0.25, 0.3) is 0 Å². The third-order valence-electron chi connectivity index (χ3n) is 4.02. The number of halogens is 3. The molecule has 0 amide bonds. The number of hydrogen-bond acceptors (Lipinski definition) is 0. The van der Waals surface area contributed by atoms with E-state index in [9.17, 15) is 8.78 Å². The molecule has 0 unspecified atom stereocenters. The molecule has 1 aromatic carbocycles. The summed E-state index contributed by atoms with van der Waals surface area (Å²) in [4.78, 5) is 0. The summed E-state index contributed by atoms with van der Waals surface area (Å²) < 4.78 is 27.6. The first kappa shape index (κ1) is 15.0. The van der Waals surface area contributed by atoms with Crippen LogP contribution in [-0.4, -0.2) is 5.92 Å². The van der Waals surface area contributed by atoms with Gasteiger partial charge in [-0.2, -0.15) is 0 Å². The molecule has 0 radical (unpaired) electrons. The molecule has 1 aromatic rings. The van der Waals surface area contributed by atoms with Crippen molar-refractivity contribution in [1.29, 1.82) is 0 Å². The smallest absolute Gasteiger partial charge is 0.207 e. The van der Waals surface area contributed by atoms with Crippen LogP contribution in [-0.2, 0) is 5.41 Å². The maximum atomic E-state index is 13.3. The van der Waals surface area contributed by atoms with Gasteiger partial charge in [-0.1, -0.05) is 48.8 Å². The first-order chi connectivity index (χ1) is 8.69. The van der Waals surface area contributed by atoms with Crippen molar-refractivity contribution in [2.24, 2.45) is 0 Å². The number of alkyl halides is 2.